The molecule has 96 valence electrons. The van der Waals surface area contributed by atoms with Crippen LogP contribution < -0.4 is 0 Å². The molecule has 0 aliphatic carbocycles. The summed E-state index contributed by atoms with van der Waals surface area (Å²) in [5, 5.41) is 9.22. The van der Waals surface area contributed by atoms with E-state index in [9.17, 15) is 0 Å². The molecule has 4 aromatic rings. The molecule has 0 unspecified atom stereocenters. The molecule has 3 aromatic heterocycles. The number of nitrogens with zero attached hydrogens (tertiary/aromatic N) is 3. The van der Waals surface area contributed by atoms with Crippen molar-refractivity contribution in [1.29, 1.82) is 0 Å². The molecular weight excluding hydrogens is 316 g/mol. The van der Waals surface area contributed by atoms with Crippen molar-refractivity contribution in [2.24, 2.45) is 0 Å². The maximum Gasteiger partial charge on any atom is 0.132 e. The highest BCUT2D eigenvalue weighted by Gasteiger charge is 2.09. The Labute approximate surface area is 123 Å². The zero-order chi connectivity index (χ0) is 13.5. The van der Waals surface area contributed by atoms with E-state index in [0.29, 0.717) is 0 Å². The summed E-state index contributed by atoms with van der Waals surface area (Å²) in [6, 6.07) is 10.2. The van der Waals surface area contributed by atoms with Gasteiger partial charge in [0.25, 0.3) is 0 Å². The van der Waals surface area contributed by atoms with E-state index < -0.39 is 0 Å². The molecular formula is C15H9BrN4. The third-order valence-electron chi connectivity index (χ3n) is 3.35. The van der Waals surface area contributed by atoms with Gasteiger partial charge in [0.1, 0.15) is 4.60 Å². The van der Waals surface area contributed by atoms with Crippen LogP contribution >= 0.6 is 15.9 Å². The lowest BCUT2D eigenvalue weighted by molar-refractivity contribution is 1.11. The van der Waals surface area contributed by atoms with Gasteiger partial charge in [-0.2, -0.15) is 5.10 Å². The molecule has 1 N–H and O–H groups in total. The number of nitrogens with one attached hydrogen (secondary N) is 1. The topological polar surface area (TPSA) is 54.5 Å². The van der Waals surface area contributed by atoms with Gasteiger partial charge in [0.15, 0.2) is 0 Å². The molecule has 3 heterocycles. The number of halogens is 1. The molecule has 20 heavy (non-hydrogen) atoms. The molecule has 0 amide bonds. The van der Waals surface area contributed by atoms with E-state index in [-0.39, 0.29) is 0 Å². The summed E-state index contributed by atoms with van der Waals surface area (Å²) in [5.41, 5.74) is 4.07. The summed E-state index contributed by atoms with van der Waals surface area (Å²) in [5.74, 6) is 0. The zero-order valence-corrected chi connectivity index (χ0v) is 11.9. The van der Waals surface area contributed by atoms with Crippen LogP contribution in [0.25, 0.3) is 32.9 Å². The Kier molecular flexibility index (Phi) is 2.53. The van der Waals surface area contributed by atoms with Gasteiger partial charge in [-0.1, -0.05) is 12.1 Å². The minimum atomic E-state index is 0.784. The lowest BCUT2D eigenvalue weighted by Gasteiger charge is -2.05. The first-order chi connectivity index (χ1) is 9.83. The van der Waals surface area contributed by atoms with Gasteiger partial charge < -0.3 is 0 Å². The molecule has 0 spiro atoms. The number of pyridine rings is 2. The fourth-order valence-corrected chi connectivity index (χ4v) is 2.86. The number of H-pyrrole nitrogens is 1. The van der Waals surface area contributed by atoms with Crippen molar-refractivity contribution in [2.75, 3.05) is 0 Å². The number of benzene rings is 1. The highest BCUT2D eigenvalue weighted by atomic mass is 79.9. The molecule has 0 saturated carbocycles. The Morgan fingerprint density at radius 2 is 1.95 bits per heavy atom. The molecule has 0 aliphatic heterocycles. The van der Waals surface area contributed by atoms with Crippen molar-refractivity contribution in [3.8, 4) is 11.1 Å². The first-order valence-electron chi connectivity index (χ1n) is 6.16. The van der Waals surface area contributed by atoms with Crippen LogP contribution in [-0.2, 0) is 0 Å². The molecule has 0 saturated heterocycles. The molecule has 4 nitrogen and oxygen atoms in total. The second-order valence-corrected chi connectivity index (χ2v) is 5.29. The van der Waals surface area contributed by atoms with Crippen LogP contribution in [0.4, 0.5) is 0 Å². The van der Waals surface area contributed by atoms with E-state index in [4.69, 9.17) is 0 Å². The van der Waals surface area contributed by atoms with E-state index in [1.807, 2.05) is 30.6 Å². The van der Waals surface area contributed by atoms with E-state index >= 15 is 0 Å². The second-order valence-electron chi connectivity index (χ2n) is 4.53. The third-order valence-corrected chi connectivity index (χ3v) is 3.92. The predicted molar refractivity (Wildman–Crippen MR) is 82.3 cm³/mol. The third kappa shape index (κ3) is 1.71. The average Bonchev–Trinajstić information content (AvgIpc) is 2.98. The summed E-state index contributed by atoms with van der Waals surface area (Å²) in [7, 11) is 0. The Bertz CT molecular complexity index is 915. The summed E-state index contributed by atoms with van der Waals surface area (Å²) >= 11 is 3.47. The van der Waals surface area contributed by atoms with Crippen LogP contribution in [0, 0.1) is 0 Å². The van der Waals surface area contributed by atoms with Gasteiger partial charge in [0.2, 0.25) is 0 Å². The van der Waals surface area contributed by atoms with Crippen molar-refractivity contribution in [3.63, 3.8) is 0 Å². The van der Waals surface area contributed by atoms with Crippen LogP contribution in [0.1, 0.15) is 0 Å². The maximum atomic E-state index is 4.54. The molecule has 4 rings (SSSR count). The number of hydrogen-bond acceptors (Lipinski definition) is 3. The van der Waals surface area contributed by atoms with Crippen molar-refractivity contribution >= 4 is 37.7 Å². The molecule has 0 fully saturated rings. The van der Waals surface area contributed by atoms with Gasteiger partial charge in [-0.05, 0) is 39.7 Å². The van der Waals surface area contributed by atoms with Gasteiger partial charge in [0.05, 0.1) is 17.2 Å². The minimum Gasteiger partial charge on any atom is -0.275 e. The van der Waals surface area contributed by atoms with Crippen molar-refractivity contribution in [1.82, 2.24) is 20.2 Å². The van der Waals surface area contributed by atoms with Crippen molar-refractivity contribution < 1.29 is 0 Å². The fraction of sp³-hybridized carbons (Fsp3) is 0. The number of aromatic amines is 1. The molecule has 0 aliphatic rings. The summed E-state index contributed by atoms with van der Waals surface area (Å²) < 4.78 is 0.784. The largest absolute Gasteiger partial charge is 0.275 e. The summed E-state index contributed by atoms with van der Waals surface area (Å²) in [4.78, 5) is 8.71. The van der Waals surface area contributed by atoms with Crippen LogP contribution in [0.5, 0.6) is 0 Å². The Morgan fingerprint density at radius 3 is 2.80 bits per heavy atom. The predicted octanol–water partition coefficient (Wildman–Crippen LogP) is 3.94. The minimum absolute atomic E-state index is 0.784. The molecule has 0 bridgehead atoms. The van der Waals surface area contributed by atoms with Gasteiger partial charge in [-0.25, -0.2) is 4.98 Å². The normalized spacial score (nSPS) is 11.2. The molecule has 0 atom stereocenters. The van der Waals surface area contributed by atoms with Gasteiger partial charge in [-0.15, -0.1) is 0 Å². The van der Waals surface area contributed by atoms with E-state index in [0.717, 1.165) is 37.5 Å². The Morgan fingerprint density at radius 1 is 1.00 bits per heavy atom. The van der Waals surface area contributed by atoms with Crippen LogP contribution in [0.3, 0.4) is 0 Å². The maximum absolute atomic E-state index is 4.54. The average molecular weight is 325 g/mol. The van der Waals surface area contributed by atoms with Gasteiger partial charge in [0, 0.05) is 28.7 Å². The van der Waals surface area contributed by atoms with E-state index in [1.54, 1.807) is 6.20 Å². The van der Waals surface area contributed by atoms with Crippen molar-refractivity contribution in [3.05, 3.63) is 53.5 Å². The lowest BCUT2D eigenvalue weighted by Crippen LogP contribution is -1.85. The first kappa shape index (κ1) is 11.5. The molecule has 1 aromatic carbocycles. The fourth-order valence-electron chi connectivity index (χ4n) is 2.37. The number of hydrogen-bond donors (Lipinski definition) is 1. The quantitative estimate of drug-likeness (QED) is 0.539. The first-order valence-corrected chi connectivity index (χ1v) is 6.95. The lowest BCUT2D eigenvalue weighted by atomic mass is 10.0. The van der Waals surface area contributed by atoms with Gasteiger partial charge >= 0.3 is 0 Å². The SMILES string of the molecule is Brc1nc2ccc(-c3cccnc3)cc2c2cn[nH]c12. The van der Waals surface area contributed by atoms with Crippen LogP contribution in [0.15, 0.2) is 53.5 Å². The Hall–Kier alpha value is -2.27. The molecule has 0 radical (unpaired) electrons. The second kappa shape index (κ2) is 4.38. The smallest absolute Gasteiger partial charge is 0.132 e. The van der Waals surface area contributed by atoms with Crippen LogP contribution in [-0.4, -0.2) is 20.2 Å². The number of rotatable bonds is 1. The van der Waals surface area contributed by atoms with Crippen molar-refractivity contribution in [2.45, 2.75) is 0 Å². The summed E-state index contributed by atoms with van der Waals surface area (Å²) in [6.07, 6.45) is 5.47. The van der Waals surface area contributed by atoms with Gasteiger partial charge in [-0.3, -0.25) is 10.1 Å². The monoisotopic (exact) mass is 324 g/mol. The van der Waals surface area contributed by atoms with E-state index in [1.165, 1.54) is 0 Å². The number of fused-ring (bicyclic) bond motifs is 3. The molecule has 5 heteroatoms. The zero-order valence-electron chi connectivity index (χ0n) is 10.3. The summed E-state index contributed by atoms with van der Waals surface area (Å²) in [6.45, 7) is 0. The number of aromatic nitrogens is 4. The Balaban J connectivity index is 2.06. The highest BCUT2D eigenvalue weighted by molar-refractivity contribution is 9.10. The standard InChI is InChI=1S/C15H9BrN4/c16-15-14-12(8-18-20-14)11-6-9(3-4-13(11)19-15)10-2-1-5-17-7-10/h1-8H,(H,18,20). The van der Waals surface area contributed by atoms with Crippen LogP contribution in [0.2, 0.25) is 0 Å². The van der Waals surface area contributed by atoms with E-state index in [2.05, 4.69) is 48.2 Å². The highest BCUT2D eigenvalue weighted by Crippen LogP contribution is 2.30.